The van der Waals surface area contributed by atoms with Crippen LogP contribution in [0.1, 0.15) is 12.5 Å². The lowest BCUT2D eigenvalue weighted by atomic mass is 10.2. The molecule has 0 radical (unpaired) electrons. The first-order chi connectivity index (χ1) is 9.77. The van der Waals surface area contributed by atoms with Crippen LogP contribution in [0.2, 0.25) is 0 Å². The third-order valence-electron chi connectivity index (χ3n) is 2.64. The van der Waals surface area contributed by atoms with E-state index in [1.54, 1.807) is 11.8 Å². The predicted octanol–water partition coefficient (Wildman–Crippen LogP) is 4.83. The normalized spacial score (nSPS) is 11.7. The van der Waals surface area contributed by atoms with Crippen molar-refractivity contribution in [3.63, 3.8) is 0 Å². The van der Waals surface area contributed by atoms with Crippen LogP contribution in [0.15, 0.2) is 66.8 Å². The van der Waals surface area contributed by atoms with E-state index in [9.17, 15) is 0 Å². The summed E-state index contributed by atoms with van der Waals surface area (Å²) in [5, 5.41) is 0. The van der Waals surface area contributed by atoms with Crippen molar-refractivity contribution in [2.24, 2.45) is 0 Å². The fourth-order valence-corrected chi connectivity index (χ4v) is 2.18. The standard InChI is InChI=1S/C17H21NS2/c1-3-4-5-6-7-11-14-18(17(19)20-2)15-16-12-9-8-10-13-16/h3-13H,14-15H2,1-2H3/b4-3-,6-5-,11-7+. The molecule has 0 spiro atoms. The molecule has 0 aromatic heterocycles. The number of allylic oxidation sites excluding steroid dienone is 5. The quantitative estimate of drug-likeness (QED) is 0.547. The monoisotopic (exact) mass is 303 g/mol. The van der Waals surface area contributed by atoms with Gasteiger partial charge in [0.05, 0.1) is 0 Å². The molecular formula is C17H21NS2. The van der Waals surface area contributed by atoms with Gasteiger partial charge in [-0.3, -0.25) is 0 Å². The average molecular weight is 303 g/mol. The SMILES string of the molecule is C\C=C/C=C\C=C\CN(Cc1ccccc1)C(=S)SC. The van der Waals surface area contributed by atoms with E-state index in [0.717, 1.165) is 17.4 Å². The number of hydrogen-bond acceptors (Lipinski definition) is 2. The molecule has 0 fully saturated rings. The maximum atomic E-state index is 5.42. The van der Waals surface area contributed by atoms with Crippen LogP contribution in [-0.2, 0) is 6.54 Å². The van der Waals surface area contributed by atoms with Crippen LogP contribution < -0.4 is 0 Å². The Morgan fingerprint density at radius 3 is 2.50 bits per heavy atom. The maximum Gasteiger partial charge on any atom is 0.136 e. The van der Waals surface area contributed by atoms with Gasteiger partial charge >= 0.3 is 0 Å². The molecule has 1 rings (SSSR count). The minimum absolute atomic E-state index is 0.828. The molecule has 0 atom stereocenters. The molecule has 3 heteroatoms. The minimum atomic E-state index is 0.828. The Morgan fingerprint density at radius 2 is 1.85 bits per heavy atom. The largest absolute Gasteiger partial charge is 0.349 e. The molecule has 0 aliphatic rings. The van der Waals surface area contributed by atoms with Gasteiger partial charge in [-0.1, -0.05) is 79.0 Å². The van der Waals surface area contributed by atoms with E-state index in [0.29, 0.717) is 0 Å². The van der Waals surface area contributed by atoms with Crippen LogP contribution in [0.3, 0.4) is 0 Å². The Bertz CT molecular complexity index is 475. The molecule has 0 unspecified atom stereocenters. The van der Waals surface area contributed by atoms with Crippen LogP contribution in [0.25, 0.3) is 0 Å². The zero-order valence-corrected chi connectivity index (χ0v) is 13.7. The van der Waals surface area contributed by atoms with Crippen molar-refractivity contribution in [3.8, 4) is 0 Å². The smallest absolute Gasteiger partial charge is 0.136 e. The lowest BCUT2D eigenvalue weighted by Crippen LogP contribution is -2.26. The van der Waals surface area contributed by atoms with Gasteiger partial charge in [0.15, 0.2) is 0 Å². The molecule has 0 bridgehead atoms. The van der Waals surface area contributed by atoms with Crippen molar-refractivity contribution in [2.75, 3.05) is 12.8 Å². The molecule has 1 aromatic carbocycles. The second-order valence-corrected chi connectivity index (χ2v) is 5.62. The maximum absolute atomic E-state index is 5.42. The number of rotatable bonds is 6. The summed E-state index contributed by atoms with van der Waals surface area (Å²) in [5.74, 6) is 0. The fraction of sp³-hybridized carbons (Fsp3) is 0.235. The highest BCUT2D eigenvalue weighted by Gasteiger charge is 2.07. The summed E-state index contributed by atoms with van der Waals surface area (Å²) in [6.45, 7) is 3.69. The van der Waals surface area contributed by atoms with Gasteiger partial charge in [-0.25, -0.2) is 0 Å². The second-order valence-electron chi connectivity index (χ2n) is 4.17. The molecule has 1 aromatic rings. The van der Waals surface area contributed by atoms with E-state index in [1.807, 2.05) is 43.5 Å². The molecule has 0 saturated carbocycles. The van der Waals surface area contributed by atoms with E-state index < -0.39 is 0 Å². The highest BCUT2D eigenvalue weighted by Crippen LogP contribution is 2.11. The van der Waals surface area contributed by atoms with E-state index in [-0.39, 0.29) is 0 Å². The third-order valence-corrected chi connectivity index (χ3v) is 4.00. The highest BCUT2D eigenvalue weighted by molar-refractivity contribution is 8.22. The van der Waals surface area contributed by atoms with Crippen LogP contribution in [0, 0.1) is 0 Å². The molecule has 106 valence electrons. The number of thiocarbonyl (C=S) groups is 1. The molecule has 0 aliphatic heterocycles. The average Bonchev–Trinajstić information content (AvgIpc) is 2.49. The van der Waals surface area contributed by atoms with Crippen LogP contribution in [-0.4, -0.2) is 22.0 Å². The lowest BCUT2D eigenvalue weighted by molar-refractivity contribution is 0.473. The summed E-state index contributed by atoms with van der Waals surface area (Å²) in [5.41, 5.74) is 1.28. The van der Waals surface area contributed by atoms with Gasteiger partial charge in [-0.2, -0.15) is 0 Å². The molecule has 0 heterocycles. The van der Waals surface area contributed by atoms with Gasteiger partial charge in [0.1, 0.15) is 4.32 Å². The first-order valence-electron chi connectivity index (χ1n) is 6.59. The Morgan fingerprint density at radius 1 is 1.15 bits per heavy atom. The first-order valence-corrected chi connectivity index (χ1v) is 8.22. The topological polar surface area (TPSA) is 3.24 Å². The van der Waals surface area contributed by atoms with Crippen LogP contribution in [0.4, 0.5) is 0 Å². The van der Waals surface area contributed by atoms with Crippen molar-refractivity contribution in [2.45, 2.75) is 13.5 Å². The second kappa shape index (κ2) is 10.5. The van der Waals surface area contributed by atoms with Gasteiger partial charge in [0, 0.05) is 13.1 Å². The molecule has 0 saturated heterocycles. The van der Waals surface area contributed by atoms with Gasteiger partial charge in [-0.15, -0.1) is 11.8 Å². The predicted molar refractivity (Wildman–Crippen MR) is 96.1 cm³/mol. The zero-order chi connectivity index (χ0) is 14.6. The Balaban J connectivity index is 2.59. The van der Waals surface area contributed by atoms with Crippen molar-refractivity contribution >= 4 is 28.3 Å². The summed E-state index contributed by atoms with van der Waals surface area (Å²) in [6, 6.07) is 10.4. The number of nitrogens with zero attached hydrogens (tertiary/aromatic N) is 1. The molecule has 20 heavy (non-hydrogen) atoms. The van der Waals surface area contributed by atoms with E-state index in [1.165, 1.54) is 5.56 Å². The first kappa shape index (κ1) is 16.7. The number of benzene rings is 1. The summed E-state index contributed by atoms with van der Waals surface area (Å²) in [7, 11) is 0. The van der Waals surface area contributed by atoms with Crippen LogP contribution in [0.5, 0.6) is 0 Å². The molecule has 0 N–H and O–H groups in total. The molecular weight excluding hydrogens is 282 g/mol. The third kappa shape index (κ3) is 6.73. The Labute approximate surface area is 132 Å². The molecule has 0 amide bonds. The summed E-state index contributed by atoms with van der Waals surface area (Å²) >= 11 is 7.04. The van der Waals surface area contributed by atoms with Crippen molar-refractivity contribution in [1.29, 1.82) is 0 Å². The number of hydrogen-bond donors (Lipinski definition) is 0. The van der Waals surface area contributed by atoms with Gasteiger partial charge in [0.25, 0.3) is 0 Å². The fourth-order valence-electron chi connectivity index (χ4n) is 1.64. The van der Waals surface area contributed by atoms with Crippen LogP contribution >= 0.6 is 24.0 Å². The van der Waals surface area contributed by atoms with Crippen molar-refractivity contribution in [1.82, 2.24) is 4.90 Å². The Hall–Kier alpha value is -1.32. The molecule has 0 aliphatic carbocycles. The van der Waals surface area contributed by atoms with Crippen molar-refractivity contribution in [3.05, 3.63) is 72.4 Å². The van der Waals surface area contributed by atoms with Gasteiger partial charge in [0.2, 0.25) is 0 Å². The number of thioether (sulfide) groups is 1. The van der Waals surface area contributed by atoms with E-state index in [2.05, 4.69) is 41.3 Å². The minimum Gasteiger partial charge on any atom is -0.349 e. The van der Waals surface area contributed by atoms with Gasteiger partial charge in [-0.05, 0) is 18.7 Å². The summed E-state index contributed by atoms with van der Waals surface area (Å²) in [4.78, 5) is 2.20. The highest BCUT2D eigenvalue weighted by atomic mass is 32.2. The molecule has 1 nitrogen and oxygen atoms in total. The summed E-state index contributed by atoms with van der Waals surface area (Å²) in [6.07, 6.45) is 14.3. The van der Waals surface area contributed by atoms with Crippen molar-refractivity contribution < 1.29 is 0 Å². The lowest BCUT2D eigenvalue weighted by Gasteiger charge is -2.22. The van der Waals surface area contributed by atoms with E-state index in [4.69, 9.17) is 12.2 Å². The van der Waals surface area contributed by atoms with Gasteiger partial charge < -0.3 is 4.90 Å². The summed E-state index contributed by atoms with van der Waals surface area (Å²) < 4.78 is 0.927. The van der Waals surface area contributed by atoms with E-state index >= 15 is 0 Å². The Kier molecular flexibility index (Phi) is 8.76. The zero-order valence-electron chi connectivity index (χ0n) is 12.0.